The molecule has 1 unspecified atom stereocenters. The second-order valence-corrected chi connectivity index (χ2v) is 6.85. The van der Waals surface area contributed by atoms with Gasteiger partial charge in [-0.2, -0.15) is 5.10 Å². The highest BCUT2D eigenvalue weighted by Gasteiger charge is 2.18. The van der Waals surface area contributed by atoms with Gasteiger partial charge in [0.1, 0.15) is 11.6 Å². The predicted octanol–water partition coefficient (Wildman–Crippen LogP) is 2.36. The van der Waals surface area contributed by atoms with Crippen LogP contribution < -0.4 is 25.1 Å². The number of halogens is 1. The van der Waals surface area contributed by atoms with Crippen molar-refractivity contribution in [2.24, 2.45) is 0 Å². The van der Waals surface area contributed by atoms with Gasteiger partial charge < -0.3 is 19.5 Å². The van der Waals surface area contributed by atoms with E-state index in [1.807, 2.05) is 0 Å². The van der Waals surface area contributed by atoms with Crippen LogP contribution in [0.2, 0.25) is 0 Å². The van der Waals surface area contributed by atoms with E-state index in [9.17, 15) is 14.0 Å². The molecule has 160 valence electrons. The van der Waals surface area contributed by atoms with Gasteiger partial charge in [-0.3, -0.25) is 9.59 Å². The van der Waals surface area contributed by atoms with Crippen LogP contribution in [0.4, 0.5) is 4.39 Å². The molecule has 0 radical (unpaired) electrons. The fourth-order valence-corrected chi connectivity index (χ4v) is 3.02. The molecule has 1 aromatic heterocycles. The Labute approximate surface area is 177 Å². The van der Waals surface area contributed by atoms with Gasteiger partial charge in [0.05, 0.1) is 12.2 Å². The van der Waals surface area contributed by atoms with E-state index < -0.39 is 6.10 Å². The maximum atomic E-state index is 13.1. The van der Waals surface area contributed by atoms with Gasteiger partial charge in [-0.05, 0) is 49.4 Å². The Morgan fingerprint density at radius 2 is 1.94 bits per heavy atom. The van der Waals surface area contributed by atoms with E-state index in [1.165, 1.54) is 22.9 Å². The van der Waals surface area contributed by atoms with E-state index in [1.54, 1.807) is 43.3 Å². The average Bonchev–Trinajstić information content (AvgIpc) is 3.23. The number of hydrogen-bond acceptors (Lipinski definition) is 6. The zero-order valence-corrected chi connectivity index (χ0v) is 16.7. The number of amides is 1. The molecule has 8 nitrogen and oxygen atoms in total. The molecule has 0 fully saturated rings. The molecular formula is C22H20FN3O5. The summed E-state index contributed by atoms with van der Waals surface area (Å²) in [6.45, 7) is 2.15. The third-order valence-electron chi connectivity index (χ3n) is 4.66. The van der Waals surface area contributed by atoms with Crippen molar-refractivity contribution in [3.8, 4) is 28.5 Å². The molecule has 1 aliphatic rings. The second kappa shape index (κ2) is 8.86. The van der Waals surface area contributed by atoms with Crippen molar-refractivity contribution in [3.05, 3.63) is 70.8 Å². The van der Waals surface area contributed by atoms with E-state index in [2.05, 4.69) is 10.4 Å². The zero-order valence-electron chi connectivity index (χ0n) is 16.7. The van der Waals surface area contributed by atoms with Gasteiger partial charge in [0.25, 0.3) is 11.5 Å². The van der Waals surface area contributed by atoms with Crippen LogP contribution in [0, 0.1) is 5.82 Å². The zero-order chi connectivity index (χ0) is 21.8. The Hall–Kier alpha value is -3.88. The Morgan fingerprint density at radius 3 is 2.74 bits per heavy atom. The van der Waals surface area contributed by atoms with Crippen LogP contribution in [-0.4, -0.2) is 35.1 Å². The van der Waals surface area contributed by atoms with E-state index >= 15 is 0 Å². The largest absolute Gasteiger partial charge is 0.481 e. The number of rotatable bonds is 7. The molecule has 0 saturated heterocycles. The van der Waals surface area contributed by atoms with E-state index in [-0.39, 0.29) is 37.2 Å². The third-order valence-corrected chi connectivity index (χ3v) is 4.66. The third kappa shape index (κ3) is 4.82. The van der Waals surface area contributed by atoms with E-state index in [4.69, 9.17) is 14.2 Å². The summed E-state index contributed by atoms with van der Waals surface area (Å²) in [7, 11) is 0. The lowest BCUT2D eigenvalue weighted by atomic mass is 10.1. The van der Waals surface area contributed by atoms with Crippen LogP contribution >= 0.6 is 0 Å². The van der Waals surface area contributed by atoms with Gasteiger partial charge >= 0.3 is 0 Å². The number of aromatic nitrogens is 2. The molecular weight excluding hydrogens is 405 g/mol. The summed E-state index contributed by atoms with van der Waals surface area (Å²) in [4.78, 5) is 24.4. The van der Waals surface area contributed by atoms with Crippen molar-refractivity contribution in [2.45, 2.75) is 19.6 Å². The van der Waals surface area contributed by atoms with Crippen LogP contribution in [-0.2, 0) is 11.3 Å². The van der Waals surface area contributed by atoms with Crippen molar-refractivity contribution in [1.82, 2.24) is 15.1 Å². The molecule has 2 heterocycles. The molecule has 0 bridgehead atoms. The second-order valence-electron chi connectivity index (χ2n) is 6.85. The highest BCUT2D eigenvalue weighted by atomic mass is 19.1. The Morgan fingerprint density at radius 1 is 1.16 bits per heavy atom. The first kappa shape index (κ1) is 20.4. The van der Waals surface area contributed by atoms with Gasteiger partial charge in [-0.15, -0.1) is 0 Å². The van der Waals surface area contributed by atoms with Gasteiger partial charge in [0, 0.05) is 24.2 Å². The molecule has 0 aliphatic carbocycles. The monoisotopic (exact) mass is 425 g/mol. The number of benzene rings is 2. The van der Waals surface area contributed by atoms with E-state index in [0.29, 0.717) is 28.5 Å². The smallest absolute Gasteiger partial charge is 0.266 e. The number of ether oxygens (including phenoxy) is 3. The minimum Gasteiger partial charge on any atom is -0.481 e. The molecule has 3 aromatic rings. The Bertz CT molecular complexity index is 1150. The van der Waals surface area contributed by atoms with Crippen LogP contribution in [0.1, 0.15) is 6.92 Å². The molecule has 4 rings (SSSR count). The van der Waals surface area contributed by atoms with Crippen molar-refractivity contribution < 1.29 is 23.4 Å². The summed E-state index contributed by atoms with van der Waals surface area (Å²) in [6.07, 6.45) is -0.754. The minimum absolute atomic E-state index is 0.157. The van der Waals surface area contributed by atoms with Crippen molar-refractivity contribution in [3.63, 3.8) is 0 Å². The fourth-order valence-electron chi connectivity index (χ4n) is 3.02. The van der Waals surface area contributed by atoms with Gasteiger partial charge in [0.2, 0.25) is 6.79 Å². The summed E-state index contributed by atoms with van der Waals surface area (Å²) in [6, 6.07) is 13.9. The van der Waals surface area contributed by atoms with E-state index in [0.717, 1.165) is 0 Å². The molecule has 1 atom stereocenters. The molecule has 0 spiro atoms. The molecule has 2 aromatic carbocycles. The summed E-state index contributed by atoms with van der Waals surface area (Å²) < 4.78 is 30.6. The van der Waals surface area contributed by atoms with Crippen molar-refractivity contribution in [2.75, 3.05) is 13.3 Å². The number of carbonyl (C=O) groups is 1. The average molecular weight is 425 g/mol. The number of nitrogens with zero attached hydrogens (tertiary/aromatic N) is 2. The molecule has 31 heavy (non-hydrogen) atoms. The van der Waals surface area contributed by atoms with Crippen LogP contribution in [0.25, 0.3) is 11.3 Å². The Kier molecular flexibility index (Phi) is 5.83. The fraction of sp³-hybridized carbons (Fsp3) is 0.227. The molecule has 0 saturated carbocycles. The lowest BCUT2D eigenvalue weighted by Crippen LogP contribution is -2.39. The van der Waals surface area contributed by atoms with Gasteiger partial charge in [-0.25, -0.2) is 9.07 Å². The van der Waals surface area contributed by atoms with Crippen LogP contribution in [0.3, 0.4) is 0 Å². The number of fused-ring (bicyclic) bond motifs is 1. The molecule has 1 aliphatic heterocycles. The van der Waals surface area contributed by atoms with Crippen LogP contribution in [0.5, 0.6) is 17.2 Å². The molecule has 1 N–H and O–H groups in total. The van der Waals surface area contributed by atoms with Crippen LogP contribution in [0.15, 0.2) is 59.4 Å². The summed E-state index contributed by atoms with van der Waals surface area (Å²) in [5, 5.41) is 7.02. The maximum absolute atomic E-state index is 13.1. The first-order valence-corrected chi connectivity index (χ1v) is 9.68. The number of carbonyl (C=O) groups excluding carboxylic acids is 1. The van der Waals surface area contributed by atoms with Crippen molar-refractivity contribution in [1.29, 1.82) is 0 Å². The topological polar surface area (TPSA) is 91.7 Å². The summed E-state index contributed by atoms with van der Waals surface area (Å²) in [5.74, 6) is 0.996. The molecule has 9 heteroatoms. The maximum Gasteiger partial charge on any atom is 0.266 e. The number of hydrogen-bond donors (Lipinski definition) is 1. The summed E-state index contributed by atoms with van der Waals surface area (Å²) in [5.41, 5.74) is 0.917. The van der Waals surface area contributed by atoms with Gasteiger partial charge in [0.15, 0.2) is 17.6 Å². The summed E-state index contributed by atoms with van der Waals surface area (Å²) >= 11 is 0. The van der Waals surface area contributed by atoms with Crippen molar-refractivity contribution >= 4 is 5.91 Å². The quantitative estimate of drug-likeness (QED) is 0.625. The first-order chi connectivity index (χ1) is 15.0. The SMILES string of the molecule is CC(Oc1ccc2c(c1)OCO2)C(=O)NCCn1nc(-c2ccc(F)cc2)ccc1=O. The lowest BCUT2D eigenvalue weighted by molar-refractivity contribution is -0.127. The lowest BCUT2D eigenvalue weighted by Gasteiger charge is -2.15. The number of nitrogens with one attached hydrogen (secondary N) is 1. The van der Waals surface area contributed by atoms with Gasteiger partial charge in [-0.1, -0.05) is 0 Å². The first-order valence-electron chi connectivity index (χ1n) is 9.68. The predicted molar refractivity (Wildman–Crippen MR) is 110 cm³/mol. The Balaban J connectivity index is 1.33. The minimum atomic E-state index is -0.754. The highest BCUT2D eigenvalue weighted by molar-refractivity contribution is 5.80. The highest BCUT2D eigenvalue weighted by Crippen LogP contribution is 2.35. The normalized spacial score (nSPS) is 13.0. The molecule has 1 amide bonds. The standard InChI is InChI=1S/C22H20FN3O5/c1-14(31-17-6-8-19-20(12-17)30-13-29-19)22(28)24-10-11-26-21(27)9-7-18(25-26)15-2-4-16(23)5-3-15/h2-9,12,14H,10-11,13H2,1H3,(H,24,28).